The molecule has 97 heavy (non-hydrogen) atoms. The van der Waals surface area contributed by atoms with Gasteiger partial charge in [-0.1, -0.05) is 279 Å². The molecule has 0 heterocycles. The van der Waals surface area contributed by atoms with E-state index in [1.165, 1.54) is 48.5 Å². The first-order valence-corrected chi connectivity index (χ1v) is 38.3. The van der Waals surface area contributed by atoms with Gasteiger partial charge in [-0.2, -0.15) is 0 Å². The van der Waals surface area contributed by atoms with Crippen molar-refractivity contribution in [2.24, 2.45) is 0 Å². The van der Waals surface area contributed by atoms with E-state index >= 15 is 0 Å². The van der Waals surface area contributed by atoms with Crippen LogP contribution in [0.1, 0.15) is 82.3 Å². The summed E-state index contributed by atoms with van der Waals surface area (Å²) >= 11 is 3.34. The van der Waals surface area contributed by atoms with Crippen molar-refractivity contribution in [2.75, 3.05) is 0 Å². The smallest absolute Gasteiger partial charge is 0.459 e. The molecule has 9 aromatic carbocycles. The van der Waals surface area contributed by atoms with Crippen molar-refractivity contribution in [1.29, 1.82) is 0 Å². The van der Waals surface area contributed by atoms with E-state index < -0.39 is 43.3 Å². The van der Waals surface area contributed by atoms with Gasteiger partial charge in [0, 0.05) is 41.3 Å². The van der Waals surface area contributed by atoms with Crippen molar-refractivity contribution < 1.29 is 67.1 Å². The molecule has 0 aliphatic heterocycles. The normalized spacial score (nSPS) is 11.6. The molecule has 0 fully saturated rings. The van der Waals surface area contributed by atoms with E-state index in [1.807, 2.05) is 164 Å². The van der Waals surface area contributed by atoms with E-state index in [4.69, 9.17) is 24.3 Å². The summed E-state index contributed by atoms with van der Waals surface area (Å²) in [5, 5.41) is 48.3. The molecule has 11 nitrogen and oxygen atoms in total. The monoisotopic (exact) mass is 1420 g/mol. The molecule has 9 aromatic rings. The van der Waals surface area contributed by atoms with E-state index in [9.17, 15) is 42.9 Å². The number of esters is 3. The Hall–Kier alpha value is -8.04. The van der Waals surface area contributed by atoms with Crippen LogP contribution in [0, 0.1) is 17.5 Å². The first-order valence-electron chi connectivity index (χ1n) is 31.7. The summed E-state index contributed by atoms with van der Waals surface area (Å²) in [6, 6.07) is 67.8. The highest BCUT2D eigenvalue weighted by molar-refractivity contribution is 9.10. The number of aliphatic hydroxyl groups excluding tert-OH is 3. The Morgan fingerprint density at radius 1 is 0.381 bits per heavy atom. The molecule has 0 spiro atoms. The molecule has 0 amide bonds. The van der Waals surface area contributed by atoms with Crippen LogP contribution in [0.4, 0.5) is 13.2 Å². The Morgan fingerprint density at radius 3 is 0.825 bits per heavy atom. The van der Waals surface area contributed by atoms with Crippen molar-refractivity contribution in [3.8, 4) is 22.3 Å². The molecule has 0 saturated heterocycles. The summed E-state index contributed by atoms with van der Waals surface area (Å²) < 4.78 is 54.5. The molecule has 0 bridgehead atoms. The lowest BCUT2D eigenvalue weighted by Crippen LogP contribution is -2.29. The zero-order chi connectivity index (χ0) is 70.8. The molecule has 3 atom stereocenters. The molecular formula is C79H95BBrF3O11Si2. The lowest BCUT2D eigenvalue weighted by Gasteiger charge is -2.21. The second-order valence-corrected chi connectivity index (χ2v) is 34.4. The van der Waals surface area contributed by atoms with Crippen molar-refractivity contribution in [1.82, 2.24) is 0 Å². The van der Waals surface area contributed by atoms with E-state index in [1.54, 1.807) is 24.3 Å². The van der Waals surface area contributed by atoms with Crippen molar-refractivity contribution in [3.05, 3.63) is 292 Å². The van der Waals surface area contributed by atoms with E-state index in [2.05, 4.69) is 83.7 Å². The fraction of sp³-hybridized carbons (Fsp3) is 0.278. The minimum absolute atomic E-state index is 0. The summed E-state index contributed by atoms with van der Waals surface area (Å²) in [6.07, 6.45) is -2.96. The molecule has 0 aliphatic carbocycles. The summed E-state index contributed by atoms with van der Waals surface area (Å²) in [5.41, 5.74) is 9.15. The van der Waals surface area contributed by atoms with Crippen LogP contribution < -0.4 is 5.46 Å². The first kappa shape index (κ1) is 83.2. The Balaban J connectivity index is 0.000000324. The highest BCUT2D eigenvalue weighted by Crippen LogP contribution is 2.27. The topological polar surface area (TPSA) is 180 Å². The van der Waals surface area contributed by atoms with Crippen LogP contribution in [0.2, 0.25) is 36.3 Å². The largest absolute Gasteiger partial charge is 0.488 e. The van der Waals surface area contributed by atoms with E-state index in [0.29, 0.717) is 15.5 Å². The number of rotatable bonds is 18. The van der Waals surface area contributed by atoms with E-state index in [-0.39, 0.29) is 81.6 Å². The first-order chi connectivity index (χ1) is 45.5. The minimum Gasteiger partial charge on any atom is -0.459 e. The average molecular weight is 1420 g/mol. The van der Waals surface area contributed by atoms with Gasteiger partial charge < -0.3 is 39.6 Å². The van der Waals surface area contributed by atoms with Crippen molar-refractivity contribution in [3.63, 3.8) is 0 Å². The Labute approximate surface area is 584 Å². The van der Waals surface area contributed by atoms with Crippen LogP contribution >= 0.6 is 15.9 Å². The number of hydrogen-bond acceptors (Lipinski definition) is 11. The average Bonchev–Trinajstić information content (AvgIpc) is 0.945. The SMILES string of the molecule is C.C[SiH](C)C(C)(C)C.C[SiH](C)C(C)(C)C.O=C(OCc1ccccc1)[C@H](O)Cc1ccc(-c2ccc(F)cc2)cc1.O=C(OCc1ccccc1)[C@H](O)Cc1ccc(-c2ccc(F)cc2)cc1.O=C(OCc1ccccc1)[C@H](O)Cc1ccc(Br)cc1.OB(O)c1ccc(F)cc1. The molecule has 18 heteroatoms. The summed E-state index contributed by atoms with van der Waals surface area (Å²) in [6.45, 7) is 24.0. The summed E-state index contributed by atoms with van der Waals surface area (Å²) in [7, 11) is -2.23. The second kappa shape index (κ2) is 43.3. The van der Waals surface area contributed by atoms with Crippen LogP contribution in [-0.4, -0.2) is 86.3 Å². The number of halogens is 4. The molecule has 0 unspecified atom stereocenters. The predicted octanol–water partition coefficient (Wildman–Crippen LogP) is 16.1. The van der Waals surface area contributed by atoms with Crippen LogP contribution in [0.3, 0.4) is 0 Å². The van der Waals surface area contributed by atoms with Crippen LogP contribution in [0.5, 0.6) is 0 Å². The number of benzene rings is 9. The maximum atomic E-state index is 13.0. The number of aliphatic hydroxyl groups is 3. The molecule has 9 rings (SSSR count). The molecule has 516 valence electrons. The van der Waals surface area contributed by atoms with Gasteiger partial charge >= 0.3 is 25.0 Å². The van der Waals surface area contributed by atoms with Gasteiger partial charge in [-0.3, -0.25) is 0 Å². The fourth-order valence-electron chi connectivity index (χ4n) is 7.60. The van der Waals surface area contributed by atoms with Gasteiger partial charge in [0.2, 0.25) is 0 Å². The zero-order valence-corrected chi connectivity index (χ0v) is 60.3. The Bertz CT molecular complexity index is 3470. The molecule has 0 saturated carbocycles. The maximum Gasteiger partial charge on any atom is 0.488 e. The highest BCUT2D eigenvalue weighted by Gasteiger charge is 2.21. The molecule has 0 aromatic heterocycles. The fourth-order valence-corrected chi connectivity index (χ4v) is 7.87. The number of carbonyl (C=O) groups is 3. The van der Waals surface area contributed by atoms with Gasteiger partial charge in [0.25, 0.3) is 0 Å². The van der Waals surface area contributed by atoms with Crippen LogP contribution in [-0.2, 0) is 67.7 Å². The third-order valence-electron chi connectivity index (χ3n) is 15.6. The van der Waals surface area contributed by atoms with Gasteiger partial charge in [-0.25, -0.2) is 27.6 Å². The lowest BCUT2D eigenvalue weighted by atomic mass is 9.80. The standard InChI is InChI=1S/2C22H19FO3.C16H15BrO3.C6H6BFO2.2C6H16Si.CH4/c2*23-20-12-10-19(11-13-20)18-8-6-16(7-9-18)14-21(24)22(25)26-15-17-4-2-1-3-5-17;17-14-8-6-12(7-9-14)10-15(18)16(19)20-11-13-4-2-1-3-5-13;8-6-3-1-5(2-4-6)7(9)10;2*1-6(2,3)7(4)5;/h2*1-13,21,24H,14-15H2;1-9,15,18H,10-11H2;1-4,9-10H;2*7H,1-5H3;1H4/t2*21-;15-;;;;/m111..../s1. The van der Waals surface area contributed by atoms with Crippen LogP contribution in [0.15, 0.2) is 241 Å². The van der Waals surface area contributed by atoms with E-state index in [0.717, 1.165) is 60.1 Å². The number of carbonyl (C=O) groups excluding carboxylic acids is 3. The zero-order valence-electron chi connectivity index (χ0n) is 56.4. The number of hydrogen-bond donors (Lipinski definition) is 5. The van der Waals surface area contributed by atoms with Crippen molar-refractivity contribution >= 4 is 64.0 Å². The second-order valence-electron chi connectivity index (χ2n) is 25.4. The molecule has 0 aliphatic rings. The molecule has 5 N–H and O–H groups in total. The Morgan fingerprint density at radius 2 is 0.598 bits per heavy atom. The number of ether oxygens (including phenoxy) is 3. The Kier molecular flexibility index (Phi) is 37.1. The van der Waals surface area contributed by atoms with Gasteiger partial charge in [0.1, 0.15) is 37.3 Å². The van der Waals surface area contributed by atoms with Gasteiger partial charge in [-0.05, 0) is 120 Å². The van der Waals surface area contributed by atoms with Gasteiger partial charge in [0.15, 0.2) is 18.3 Å². The summed E-state index contributed by atoms with van der Waals surface area (Å²) in [5.74, 6) is -2.82. The third-order valence-corrected chi connectivity index (χ3v) is 23.0. The third kappa shape index (κ3) is 33.7. The van der Waals surface area contributed by atoms with Gasteiger partial charge in [-0.15, -0.1) is 0 Å². The maximum absolute atomic E-state index is 13.0. The quantitative estimate of drug-likeness (QED) is 0.0313. The predicted molar refractivity (Wildman–Crippen MR) is 396 cm³/mol. The highest BCUT2D eigenvalue weighted by atomic mass is 79.9. The summed E-state index contributed by atoms with van der Waals surface area (Å²) in [4.78, 5) is 35.6. The molecule has 0 radical (unpaired) electrons. The minimum atomic E-state index is -1.51. The lowest BCUT2D eigenvalue weighted by molar-refractivity contribution is -0.155. The van der Waals surface area contributed by atoms with Crippen LogP contribution in [0.25, 0.3) is 22.3 Å². The van der Waals surface area contributed by atoms with Crippen molar-refractivity contribution in [2.45, 2.75) is 143 Å². The molecular weight excluding hydrogens is 1330 g/mol. The van der Waals surface area contributed by atoms with Gasteiger partial charge in [0.05, 0.1) is 0 Å².